The highest BCUT2D eigenvalue weighted by Gasteiger charge is 2.12. The van der Waals surface area contributed by atoms with E-state index in [1.165, 1.54) is 32.4 Å². The molecular formula is C12H22N4. The van der Waals surface area contributed by atoms with Crippen molar-refractivity contribution in [1.82, 2.24) is 15.1 Å². The molecule has 0 radical (unpaired) electrons. The van der Waals surface area contributed by atoms with Crippen LogP contribution in [0.5, 0.6) is 0 Å². The molecule has 1 aliphatic heterocycles. The highest BCUT2D eigenvalue weighted by Crippen LogP contribution is 2.16. The van der Waals surface area contributed by atoms with Gasteiger partial charge in [-0.2, -0.15) is 5.10 Å². The van der Waals surface area contributed by atoms with Crippen molar-refractivity contribution in [2.45, 2.75) is 26.2 Å². The summed E-state index contributed by atoms with van der Waals surface area (Å²) in [6.07, 6.45) is 3.92. The van der Waals surface area contributed by atoms with E-state index in [-0.39, 0.29) is 0 Å². The van der Waals surface area contributed by atoms with Gasteiger partial charge in [-0.05, 0) is 45.2 Å². The lowest BCUT2D eigenvalue weighted by atomic mass is 9.95. The predicted molar refractivity (Wildman–Crippen MR) is 66.6 cm³/mol. The molecule has 16 heavy (non-hydrogen) atoms. The van der Waals surface area contributed by atoms with Crippen LogP contribution >= 0.6 is 0 Å². The van der Waals surface area contributed by atoms with Crippen molar-refractivity contribution in [3.8, 4) is 0 Å². The minimum Gasteiger partial charge on any atom is -0.370 e. The van der Waals surface area contributed by atoms with Gasteiger partial charge in [0.25, 0.3) is 0 Å². The number of hydrogen-bond donors (Lipinski definition) is 2. The first kappa shape index (κ1) is 11.5. The van der Waals surface area contributed by atoms with Crippen molar-refractivity contribution in [2.24, 2.45) is 13.0 Å². The zero-order chi connectivity index (χ0) is 11.4. The topological polar surface area (TPSA) is 41.9 Å². The van der Waals surface area contributed by atoms with E-state index in [1.807, 2.05) is 18.7 Å². The molecule has 1 aromatic heterocycles. The maximum Gasteiger partial charge on any atom is 0.124 e. The van der Waals surface area contributed by atoms with Crippen LogP contribution in [0.3, 0.4) is 0 Å². The molecular weight excluding hydrogens is 200 g/mol. The predicted octanol–water partition coefficient (Wildman–Crippen LogP) is 1.53. The molecule has 1 aliphatic rings. The highest BCUT2D eigenvalue weighted by atomic mass is 15.3. The summed E-state index contributed by atoms with van der Waals surface area (Å²) in [6, 6.07) is 2.10. The van der Waals surface area contributed by atoms with Crippen LogP contribution in [0.1, 0.15) is 25.0 Å². The molecule has 0 unspecified atom stereocenters. The molecule has 4 heteroatoms. The van der Waals surface area contributed by atoms with Crippen molar-refractivity contribution in [3.05, 3.63) is 11.8 Å². The lowest BCUT2D eigenvalue weighted by Gasteiger charge is -2.22. The normalized spacial score (nSPS) is 17.6. The molecule has 2 N–H and O–H groups in total. The molecule has 0 saturated carbocycles. The first-order valence-electron chi connectivity index (χ1n) is 6.21. The first-order valence-corrected chi connectivity index (χ1v) is 6.21. The van der Waals surface area contributed by atoms with Gasteiger partial charge in [-0.25, -0.2) is 0 Å². The fraction of sp³-hybridized carbons (Fsp3) is 0.750. The third kappa shape index (κ3) is 2.98. The van der Waals surface area contributed by atoms with E-state index >= 15 is 0 Å². The quantitative estimate of drug-likeness (QED) is 0.812. The molecule has 1 saturated heterocycles. The van der Waals surface area contributed by atoms with Gasteiger partial charge in [-0.15, -0.1) is 0 Å². The number of hydrogen-bond acceptors (Lipinski definition) is 3. The van der Waals surface area contributed by atoms with Crippen molar-refractivity contribution < 1.29 is 0 Å². The molecule has 0 aliphatic carbocycles. The monoisotopic (exact) mass is 222 g/mol. The largest absolute Gasteiger partial charge is 0.370 e. The van der Waals surface area contributed by atoms with E-state index < -0.39 is 0 Å². The van der Waals surface area contributed by atoms with Gasteiger partial charge in [0.2, 0.25) is 0 Å². The summed E-state index contributed by atoms with van der Waals surface area (Å²) < 4.78 is 1.91. The number of rotatable bonds is 4. The second-order valence-electron chi connectivity index (χ2n) is 4.70. The molecule has 0 aromatic carbocycles. The van der Waals surface area contributed by atoms with Crippen LogP contribution in [0.25, 0.3) is 0 Å². The molecule has 4 nitrogen and oxygen atoms in total. The fourth-order valence-electron chi connectivity index (χ4n) is 2.35. The smallest absolute Gasteiger partial charge is 0.124 e. The van der Waals surface area contributed by atoms with Crippen molar-refractivity contribution in [3.63, 3.8) is 0 Å². The van der Waals surface area contributed by atoms with Crippen molar-refractivity contribution >= 4 is 5.82 Å². The minimum atomic E-state index is 0.892. The number of anilines is 1. The Morgan fingerprint density at radius 1 is 1.50 bits per heavy atom. The summed E-state index contributed by atoms with van der Waals surface area (Å²) in [5.74, 6) is 2.02. The Kier molecular flexibility index (Phi) is 3.83. The molecule has 0 amide bonds. The second-order valence-corrected chi connectivity index (χ2v) is 4.70. The van der Waals surface area contributed by atoms with Crippen molar-refractivity contribution in [1.29, 1.82) is 0 Å². The average Bonchev–Trinajstić information content (AvgIpc) is 2.59. The summed E-state index contributed by atoms with van der Waals surface area (Å²) >= 11 is 0. The summed E-state index contributed by atoms with van der Waals surface area (Å²) in [5.41, 5.74) is 1.08. The maximum absolute atomic E-state index is 4.32. The summed E-state index contributed by atoms with van der Waals surface area (Å²) in [6.45, 7) is 5.46. The van der Waals surface area contributed by atoms with Crippen LogP contribution in [0.2, 0.25) is 0 Å². The summed E-state index contributed by atoms with van der Waals surface area (Å²) in [5, 5.41) is 11.2. The first-order chi connectivity index (χ1) is 7.75. The van der Waals surface area contributed by atoms with Gasteiger partial charge >= 0.3 is 0 Å². The van der Waals surface area contributed by atoms with Crippen LogP contribution in [-0.2, 0) is 7.05 Å². The minimum absolute atomic E-state index is 0.892. The SMILES string of the molecule is Cc1cc(NCCC2CCNCC2)n(C)n1. The Morgan fingerprint density at radius 2 is 2.25 bits per heavy atom. The van der Waals surface area contributed by atoms with Crippen LogP contribution in [0.4, 0.5) is 5.82 Å². The zero-order valence-electron chi connectivity index (χ0n) is 10.3. The van der Waals surface area contributed by atoms with Gasteiger partial charge in [0.05, 0.1) is 5.69 Å². The fourth-order valence-corrected chi connectivity index (χ4v) is 2.35. The number of nitrogens with one attached hydrogen (secondary N) is 2. The Morgan fingerprint density at radius 3 is 2.88 bits per heavy atom. The van der Waals surface area contributed by atoms with Crippen molar-refractivity contribution in [2.75, 3.05) is 25.0 Å². The van der Waals surface area contributed by atoms with E-state index in [0.29, 0.717) is 0 Å². The molecule has 90 valence electrons. The lowest BCUT2D eigenvalue weighted by Crippen LogP contribution is -2.28. The van der Waals surface area contributed by atoms with Gasteiger partial charge in [0.1, 0.15) is 5.82 Å². The van der Waals surface area contributed by atoms with Crippen LogP contribution in [0.15, 0.2) is 6.07 Å². The third-order valence-electron chi connectivity index (χ3n) is 3.32. The molecule has 1 aromatic rings. The highest BCUT2D eigenvalue weighted by molar-refractivity contribution is 5.36. The Labute approximate surface area is 97.4 Å². The second kappa shape index (κ2) is 5.34. The van der Waals surface area contributed by atoms with Crippen LogP contribution < -0.4 is 10.6 Å². The summed E-state index contributed by atoms with van der Waals surface area (Å²) in [7, 11) is 1.99. The van der Waals surface area contributed by atoms with Gasteiger partial charge < -0.3 is 10.6 Å². The molecule has 0 atom stereocenters. The van der Waals surface area contributed by atoms with E-state index in [2.05, 4.69) is 21.8 Å². The molecule has 2 heterocycles. The number of aryl methyl sites for hydroxylation is 2. The van der Waals surface area contributed by atoms with E-state index in [9.17, 15) is 0 Å². The van der Waals surface area contributed by atoms with E-state index in [1.54, 1.807) is 0 Å². The lowest BCUT2D eigenvalue weighted by molar-refractivity contribution is 0.361. The van der Waals surface area contributed by atoms with Gasteiger partial charge in [0.15, 0.2) is 0 Å². The van der Waals surface area contributed by atoms with Crippen LogP contribution in [0, 0.1) is 12.8 Å². The molecule has 1 fully saturated rings. The zero-order valence-corrected chi connectivity index (χ0v) is 10.3. The maximum atomic E-state index is 4.32. The van der Waals surface area contributed by atoms with Crippen LogP contribution in [-0.4, -0.2) is 29.4 Å². The Hall–Kier alpha value is -1.03. The molecule has 2 rings (SSSR count). The van der Waals surface area contributed by atoms with Gasteiger partial charge in [-0.1, -0.05) is 0 Å². The molecule has 0 bridgehead atoms. The third-order valence-corrected chi connectivity index (χ3v) is 3.32. The van der Waals surface area contributed by atoms with E-state index in [0.717, 1.165) is 24.0 Å². The van der Waals surface area contributed by atoms with E-state index in [4.69, 9.17) is 0 Å². The Bertz CT molecular complexity index is 326. The summed E-state index contributed by atoms with van der Waals surface area (Å²) in [4.78, 5) is 0. The number of piperidine rings is 1. The van der Waals surface area contributed by atoms with Gasteiger partial charge in [-0.3, -0.25) is 4.68 Å². The number of aromatic nitrogens is 2. The Balaban J connectivity index is 1.73. The average molecular weight is 222 g/mol. The standard InChI is InChI=1S/C12H22N4/c1-10-9-12(16(2)15-10)14-8-5-11-3-6-13-7-4-11/h9,11,13-14H,3-8H2,1-2H3. The number of nitrogens with zero attached hydrogens (tertiary/aromatic N) is 2. The molecule has 0 spiro atoms. The van der Waals surface area contributed by atoms with Gasteiger partial charge in [0, 0.05) is 19.7 Å².